The zero-order valence-corrected chi connectivity index (χ0v) is 9.46. The number of halogens is 1. The molecule has 0 aromatic carbocycles. The molecule has 7 nitrogen and oxygen atoms in total. The second kappa shape index (κ2) is 3.82. The Bertz CT molecular complexity index is 704. The summed E-state index contributed by atoms with van der Waals surface area (Å²) in [7, 11) is 0. The van der Waals surface area contributed by atoms with E-state index in [0.717, 1.165) is 17.5 Å². The fraction of sp³-hybridized carbons (Fsp3) is 0. The molecule has 0 saturated heterocycles. The maximum absolute atomic E-state index is 11.8. The van der Waals surface area contributed by atoms with E-state index in [4.69, 9.17) is 16.7 Å². The summed E-state index contributed by atoms with van der Waals surface area (Å²) in [6.07, 6.45) is 0.990. The van der Waals surface area contributed by atoms with Gasteiger partial charge in [-0.05, 0) is 0 Å². The zero-order chi connectivity index (χ0) is 12.7. The van der Waals surface area contributed by atoms with Gasteiger partial charge in [-0.1, -0.05) is 22.9 Å². The topological polar surface area (TPSA) is 113 Å². The Morgan fingerprint density at radius 3 is 2.76 bits per heavy atom. The molecule has 2 aromatic heterocycles. The number of pyridine rings is 1. The molecule has 0 aliphatic rings. The lowest BCUT2D eigenvalue weighted by Crippen LogP contribution is -2.15. The molecule has 2 heterocycles. The van der Waals surface area contributed by atoms with E-state index in [1.54, 1.807) is 0 Å². The lowest BCUT2D eigenvalue weighted by molar-refractivity contribution is -0.382. The van der Waals surface area contributed by atoms with Crippen molar-refractivity contribution in [3.05, 3.63) is 36.4 Å². The first-order chi connectivity index (χ1) is 7.93. The van der Waals surface area contributed by atoms with Gasteiger partial charge in [0.1, 0.15) is 15.8 Å². The number of rotatable bonds is 2. The van der Waals surface area contributed by atoms with Crippen molar-refractivity contribution in [1.29, 1.82) is 0 Å². The summed E-state index contributed by atoms with van der Waals surface area (Å²) in [4.78, 5) is 35.1. The van der Waals surface area contributed by atoms with E-state index in [9.17, 15) is 19.7 Å². The normalized spacial score (nSPS) is 10.6. The number of nitro groups is 1. The van der Waals surface area contributed by atoms with Gasteiger partial charge in [0.25, 0.3) is 0 Å². The van der Waals surface area contributed by atoms with E-state index in [1.165, 1.54) is 0 Å². The summed E-state index contributed by atoms with van der Waals surface area (Å²) in [5, 5.41) is 19.2. The Kier molecular flexibility index (Phi) is 2.60. The lowest BCUT2D eigenvalue weighted by Gasteiger charge is -1.94. The summed E-state index contributed by atoms with van der Waals surface area (Å²) >= 11 is 6.45. The molecule has 17 heavy (non-hydrogen) atoms. The van der Waals surface area contributed by atoms with Crippen LogP contribution in [0.3, 0.4) is 0 Å². The zero-order valence-electron chi connectivity index (χ0n) is 7.89. The van der Waals surface area contributed by atoms with Crippen LogP contribution in [-0.2, 0) is 0 Å². The van der Waals surface area contributed by atoms with Crippen molar-refractivity contribution < 1.29 is 14.8 Å². The number of hydrogen-bond acceptors (Lipinski definition) is 5. The van der Waals surface area contributed by atoms with E-state index in [0.29, 0.717) is 0 Å². The van der Waals surface area contributed by atoms with E-state index in [1.807, 2.05) is 0 Å². The number of aromatic nitrogens is 1. The smallest absolute Gasteiger partial charge is 0.341 e. The van der Waals surface area contributed by atoms with Gasteiger partial charge in [-0.3, -0.25) is 14.9 Å². The van der Waals surface area contributed by atoms with E-state index >= 15 is 0 Å². The largest absolute Gasteiger partial charge is 0.477 e. The second-order valence-electron chi connectivity index (χ2n) is 3.02. The molecule has 0 bridgehead atoms. The van der Waals surface area contributed by atoms with Gasteiger partial charge < -0.3 is 10.1 Å². The number of nitrogens with one attached hydrogen (secondary N) is 1. The summed E-state index contributed by atoms with van der Waals surface area (Å²) in [6.45, 7) is 0. The summed E-state index contributed by atoms with van der Waals surface area (Å²) in [5.41, 5.74) is -2.04. The van der Waals surface area contributed by atoms with Crippen LogP contribution in [0.5, 0.6) is 0 Å². The molecule has 0 aliphatic carbocycles. The minimum absolute atomic E-state index is 0.166. The van der Waals surface area contributed by atoms with Gasteiger partial charge in [-0.15, -0.1) is 0 Å². The highest BCUT2D eigenvalue weighted by atomic mass is 35.5. The average molecular weight is 275 g/mol. The van der Waals surface area contributed by atoms with Gasteiger partial charge in [-0.2, -0.15) is 0 Å². The molecule has 9 heteroatoms. The van der Waals surface area contributed by atoms with Crippen LogP contribution in [0.25, 0.3) is 10.2 Å². The monoisotopic (exact) mass is 274 g/mol. The van der Waals surface area contributed by atoms with Crippen LogP contribution in [0, 0.1) is 10.1 Å². The van der Waals surface area contributed by atoms with Crippen molar-refractivity contribution in [2.45, 2.75) is 0 Å². The Morgan fingerprint density at radius 1 is 1.59 bits per heavy atom. The van der Waals surface area contributed by atoms with Crippen LogP contribution in [0.15, 0.2) is 11.0 Å². The number of H-pyrrole nitrogens is 1. The molecular weight excluding hydrogens is 272 g/mol. The number of thiophene rings is 1. The third-order valence-electron chi connectivity index (χ3n) is 2.07. The fourth-order valence-electron chi connectivity index (χ4n) is 1.37. The quantitative estimate of drug-likeness (QED) is 0.641. The van der Waals surface area contributed by atoms with Crippen LogP contribution in [0.2, 0.25) is 4.34 Å². The molecule has 0 amide bonds. The number of aromatic carboxylic acids is 1. The molecule has 0 radical (unpaired) electrons. The van der Waals surface area contributed by atoms with Crippen LogP contribution < -0.4 is 5.43 Å². The number of carboxylic acid groups (broad SMARTS) is 1. The maximum Gasteiger partial charge on any atom is 0.341 e. The summed E-state index contributed by atoms with van der Waals surface area (Å²) in [6, 6.07) is 0. The minimum Gasteiger partial charge on any atom is -0.477 e. The maximum atomic E-state index is 11.8. The van der Waals surface area contributed by atoms with Crippen LogP contribution >= 0.6 is 22.9 Å². The van der Waals surface area contributed by atoms with Gasteiger partial charge in [-0.25, -0.2) is 4.79 Å². The third-order valence-corrected chi connectivity index (χ3v) is 3.38. The first-order valence-electron chi connectivity index (χ1n) is 4.15. The number of hydrogen-bond donors (Lipinski definition) is 2. The molecule has 0 aliphatic heterocycles. The Labute approximate surface area is 101 Å². The van der Waals surface area contributed by atoms with Gasteiger partial charge >= 0.3 is 11.7 Å². The Morgan fingerprint density at radius 2 is 2.24 bits per heavy atom. The number of nitrogens with zero attached hydrogens (tertiary/aromatic N) is 1. The van der Waals surface area contributed by atoms with Gasteiger partial charge in [0, 0.05) is 6.20 Å². The molecule has 0 unspecified atom stereocenters. The average Bonchev–Trinajstić information content (AvgIpc) is 2.55. The molecule has 2 N–H and O–H groups in total. The van der Waals surface area contributed by atoms with Gasteiger partial charge in [0.2, 0.25) is 5.43 Å². The van der Waals surface area contributed by atoms with Crippen molar-refractivity contribution in [3.63, 3.8) is 0 Å². The molecule has 0 saturated carbocycles. The number of aromatic amines is 1. The molecular formula is C8H3ClN2O5S. The van der Waals surface area contributed by atoms with Crippen LogP contribution in [0.4, 0.5) is 5.69 Å². The number of carboxylic acids is 1. The Hall–Kier alpha value is -1.93. The van der Waals surface area contributed by atoms with Crippen molar-refractivity contribution in [1.82, 2.24) is 4.98 Å². The molecule has 2 aromatic rings. The SMILES string of the molecule is O=C(O)c1c[nH]c2sc(Cl)c([N+](=O)[O-])c2c1=O. The predicted octanol–water partition coefficient (Wildman–Crippen LogP) is 1.85. The minimum atomic E-state index is -1.45. The standard InChI is InChI=1S/C8H3ClN2O5S/c9-6-4(11(15)16)3-5(12)2(8(13)14)1-10-7(3)17-6/h1H,(H,10,12)(H,13,14). The van der Waals surface area contributed by atoms with Crippen LogP contribution in [-0.4, -0.2) is 21.0 Å². The van der Waals surface area contributed by atoms with Crippen molar-refractivity contribution in [2.75, 3.05) is 0 Å². The van der Waals surface area contributed by atoms with E-state index in [-0.39, 0.29) is 14.6 Å². The molecule has 0 spiro atoms. The highest BCUT2D eigenvalue weighted by molar-refractivity contribution is 7.23. The fourth-order valence-corrected chi connectivity index (χ4v) is 2.62. The highest BCUT2D eigenvalue weighted by Gasteiger charge is 2.26. The van der Waals surface area contributed by atoms with Crippen LogP contribution in [0.1, 0.15) is 10.4 Å². The third kappa shape index (κ3) is 1.67. The predicted molar refractivity (Wildman–Crippen MR) is 61.1 cm³/mol. The molecule has 0 fully saturated rings. The number of fused-ring (bicyclic) bond motifs is 1. The highest BCUT2D eigenvalue weighted by Crippen LogP contribution is 2.38. The lowest BCUT2D eigenvalue weighted by atomic mass is 10.2. The van der Waals surface area contributed by atoms with Crippen molar-refractivity contribution in [2.24, 2.45) is 0 Å². The van der Waals surface area contributed by atoms with Crippen molar-refractivity contribution >= 4 is 44.8 Å². The second-order valence-corrected chi connectivity index (χ2v) is 4.64. The van der Waals surface area contributed by atoms with Gasteiger partial charge in [0.15, 0.2) is 4.34 Å². The Balaban J connectivity index is 2.98. The first-order valence-corrected chi connectivity index (χ1v) is 5.34. The van der Waals surface area contributed by atoms with E-state index in [2.05, 4.69) is 4.98 Å². The van der Waals surface area contributed by atoms with Crippen molar-refractivity contribution in [3.8, 4) is 0 Å². The van der Waals surface area contributed by atoms with Gasteiger partial charge in [0.05, 0.1) is 4.92 Å². The van der Waals surface area contributed by atoms with E-state index < -0.39 is 27.6 Å². The molecule has 0 atom stereocenters. The summed E-state index contributed by atoms with van der Waals surface area (Å²) < 4.78 is -0.166. The first kappa shape index (κ1) is 11.6. The molecule has 2 rings (SSSR count). The molecule has 88 valence electrons. The summed E-state index contributed by atoms with van der Waals surface area (Å²) in [5.74, 6) is -1.45. The number of carbonyl (C=O) groups is 1.